The maximum Gasteiger partial charge on any atom is 0.338 e. The summed E-state index contributed by atoms with van der Waals surface area (Å²) in [6.07, 6.45) is 0. The van der Waals surface area contributed by atoms with Gasteiger partial charge in [0, 0.05) is 22.8 Å². The molecule has 4 rings (SSSR count). The van der Waals surface area contributed by atoms with E-state index in [1.54, 1.807) is 18.2 Å². The first-order chi connectivity index (χ1) is 15.8. The van der Waals surface area contributed by atoms with Crippen LogP contribution in [0, 0.1) is 10.1 Å². The Kier molecular flexibility index (Phi) is 5.41. The van der Waals surface area contributed by atoms with E-state index in [1.807, 2.05) is 0 Å². The number of carbonyl (C=O) groups is 4. The lowest BCUT2D eigenvalue weighted by Crippen LogP contribution is -2.26. The number of nitrogens with two attached hydrogens (primary N) is 1. The normalized spacial score (nSPS) is 11.9. The summed E-state index contributed by atoms with van der Waals surface area (Å²) in [5, 5.41) is 13.4. The number of fused-ring (bicyclic) bond motifs is 2. The number of nitrogens with one attached hydrogen (secondary N) is 1. The highest BCUT2D eigenvalue weighted by Gasteiger charge is 2.31. The van der Waals surface area contributed by atoms with Crippen LogP contribution in [0.1, 0.15) is 42.2 Å². The first-order valence-corrected chi connectivity index (χ1v) is 9.60. The predicted molar refractivity (Wildman–Crippen MR) is 116 cm³/mol. The second-order valence-electron chi connectivity index (χ2n) is 7.09. The molecule has 0 saturated carbocycles. The third-order valence-electron chi connectivity index (χ3n) is 5.02. The third kappa shape index (κ3) is 3.92. The average Bonchev–Trinajstić information content (AvgIpc) is 2.81. The number of anilines is 2. The van der Waals surface area contributed by atoms with Gasteiger partial charge in [-0.05, 0) is 18.2 Å². The van der Waals surface area contributed by atoms with Crippen molar-refractivity contribution in [3.63, 3.8) is 0 Å². The van der Waals surface area contributed by atoms with Crippen LogP contribution in [0.3, 0.4) is 0 Å². The highest BCUT2D eigenvalue weighted by molar-refractivity contribution is 6.30. The number of nitro groups is 1. The molecule has 3 N–H and O–H groups in total. The molecule has 1 amide bonds. The van der Waals surface area contributed by atoms with Gasteiger partial charge in [0.05, 0.1) is 21.7 Å². The molecule has 1 aliphatic rings. The summed E-state index contributed by atoms with van der Waals surface area (Å²) in [5.41, 5.74) is 5.58. The Balaban J connectivity index is 1.50. The molecule has 3 aromatic carbocycles. The Labute approximate surface area is 186 Å². The third-order valence-corrected chi connectivity index (χ3v) is 5.02. The van der Waals surface area contributed by atoms with Crippen LogP contribution in [-0.4, -0.2) is 35.0 Å². The highest BCUT2D eigenvalue weighted by atomic mass is 16.6. The molecule has 0 aromatic heterocycles. The molecule has 0 saturated heterocycles. The fraction of sp³-hybridized carbons (Fsp3) is 0.0435. The molecule has 10 heteroatoms. The van der Waals surface area contributed by atoms with Crippen LogP contribution in [0.15, 0.2) is 60.7 Å². The van der Waals surface area contributed by atoms with Gasteiger partial charge in [-0.3, -0.25) is 24.5 Å². The number of rotatable bonds is 5. The van der Waals surface area contributed by atoms with Gasteiger partial charge in [-0.15, -0.1) is 0 Å². The zero-order valence-electron chi connectivity index (χ0n) is 16.9. The molecule has 0 heterocycles. The largest absolute Gasteiger partial charge is 0.452 e. The molecule has 0 fully saturated rings. The molecular weight excluding hydrogens is 430 g/mol. The second kappa shape index (κ2) is 8.35. The van der Waals surface area contributed by atoms with Crippen LogP contribution >= 0.6 is 0 Å². The van der Waals surface area contributed by atoms with Crippen LogP contribution in [0.2, 0.25) is 0 Å². The predicted octanol–water partition coefficient (Wildman–Crippen LogP) is 2.75. The number of nitrogens with zero attached hydrogens (tertiary/aromatic N) is 1. The van der Waals surface area contributed by atoms with Gasteiger partial charge in [-0.1, -0.05) is 36.4 Å². The first-order valence-electron chi connectivity index (χ1n) is 9.60. The summed E-state index contributed by atoms with van der Waals surface area (Å²) in [7, 11) is 0. The minimum atomic E-state index is -0.969. The maximum atomic E-state index is 13.0. The number of nitrogen functional groups attached to an aromatic ring is 1. The van der Waals surface area contributed by atoms with Crippen molar-refractivity contribution in [2.45, 2.75) is 0 Å². The summed E-state index contributed by atoms with van der Waals surface area (Å²) >= 11 is 0. The zero-order valence-corrected chi connectivity index (χ0v) is 16.9. The molecule has 164 valence electrons. The fourth-order valence-corrected chi connectivity index (χ4v) is 3.48. The molecule has 0 radical (unpaired) electrons. The van der Waals surface area contributed by atoms with Gasteiger partial charge >= 0.3 is 5.97 Å². The van der Waals surface area contributed by atoms with Gasteiger partial charge in [0.2, 0.25) is 0 Å². The smallest absolute Gasteiger partial charge is 0.338 e. The van der Waals surface area contributed by atoms with Crippen LogP contribution < -0.4 is 11.1 Å². The molecule has 0 unspecified atom stereocenters. The first kappa shape index (κ1) is 21.4. The Hall–Kier alpha value is -4.86. The number of hydrogen-bond donors (Lipinski definition) is 2. The van der Waals surface area contributed by atoms with E-state index in [4.69, 9.17) is 10.5 Å². The number of ether oxygens (including phenoxy) is 1. The van der Waals surface area contributed by atoms with Crippen molar-refractivity contribution < 1.29 is 28.8 Å². The van der Waals surface area contributed by atoms with Gasteiger partial charge in [0.15, 0.2) is 18.2 Å². The Morgan fingerprint density at radius 2 is 1.61 bits per heavy atom. The number of benzene rings is 3. The number of hydrogen-bond acceptors (Lipinski definition) is 8. The second-order valence-corrected chi connectivity index (χ2v) is 7.09. The van der Waals surface area contributed by atoms with Crippen LogP contribution in [0.4, 0.5) is 17.1 Å². The van der Waals surface area contributed by atoms with Crippen molar-refractivity contribution in [3.05, 3.63) is 98.6 Å². The molecular formula is C23H15N3O7. The highest BCUT2D eigenvalue weighted by Crippen LogP contribution is 2.32. The summed E-state index contributed by atoms with van der Waals surface area (Å²) in [6.45, 7) is -0.723. The van der Waals surface area contributed by atoms with E-state index in [0.29, 0.717) is 0 Å². The quantitative estimate of drug-likeness (QED) is 0.205. The molecule has 0 bridgehead atoms. The van der Waals surface area contributed by atoms with Crippen molar-refractivity contribution >= 4 is 40.5 Å². The van der Waals surface area contributed by atoms with Crippen molar-refractivity contribution in [3.8, 4) is 0 Å². The lowest BCUT2D eigenvalue weighted by Gasteiger charge is -2.20. The lowest BCUT2D eigenvalue weighted by molar-refractivity contribution is -0.383. The molecule has 3 aromatic rings. The molecule has 1 aliphatic carbocycles. The zero-order chi connectivity index (χ0) is 23.7. The van der Waals surface area contributed by atoms with Crippen molar-refractivity contribution in [1.29, 1.82) is 0 Å². The standard InChI is InChI=1S/C23H15N3O7/c24-16-9-8-12(10-18(16)26(31)32)23(30)33-11-19(27)25-17-7-3-6-15-20(17)22(29)14-5-2-1-4-13(14)21(15)28/h1-10H,11,24H2,(H,25,27). The summed E-state index contributed by atoms with van der Waals surface area (Å²) in [6, 6.07) is 14.2. The van der Waals surface area contributed by atoms with Gasteiger partial charge < -0.3 is 15.8 Å². The summed E-state index contributed by atoms with van der Waals surface area (Å²) in [4.78, 5) is 60.5. The van der Waals surface area contributed by atoms with Gasteiger partial charge in [-0.2, -0.15) is 0 Å². The topological polar surface area (TPSA) is 159 Å². The lowest BCUT2D eigenvalue weighted by atomic mass is 9.83. The summed E-state index contributed by atoms with van der Waals surface area (Å²) < 4.78 is 4.92. The number of esters is 1. The number of ketones is 2. The Bertz CT molecular complexity index is 1360. The van der Waals surface area contributed by atoms with Crippen molar-refractivity contribution in [1.82, 2.24) is 0 Å². The monoisotopic (exact) mass is 445 g/mol. The Morgan fingerprint density at radius 1 is 0.939 bits per heavy atom. The average molecular weight is 445 g/mol. The van der Waals surface area contributed by atoms with E-state index in [0.717, 1.165) is 6.07 Å². The van der Waals surface area contributed by atoms with Gasteiger partial charge in [-0.25, -0.2) is 4.79 Å². The van der Waals surface area contributed by atoms with Crippen LogP contribution in [-0.2, 0) is 9.53 Å². The summed E-state index contributed by atoms with van der Waals surface area (Å²) in [5.74, 6) is -2.49. The molecule has 0 aliphatic heterocycles. The van der Waals surface area contributed by atoms with Crippen LogP contribution in [0.5, 0.6) is 0 Å². The SMILES string of the molecule is Nc1ccc(C(=O)OCC(=O)Nc2cccc3c2C(=O)c2ccccc2C3=O)cc1[N+](=O)[O-]. The van der Waals surface area contributed by atoms with Crippen molar-refractivity contribution in [2.75, 3.05) is 17.7 Å². The Morgan fingerprint density at radius 3 is 2.30 bits per heavy atom. The van der Waals surface area contributed by atoms with Crippen LogP contribution in [0.25, 0.3) is 0 Å². The minimum absolute atomic E-state index is 0.0510. The molecule has 33 heavy (non-hydrogen) atoms. The van der Waals surface area contributed by atoms with E-state index < -0.39 is 34.9 Å². The maximum absolute atomic E-state index is 13.0. The van der Waals surface area contributed by atoms with E-state index in [2.05, 4.69) is 5.32 Å². The van der Waals surface area contributed by atoms with Crippen molar-refractivity contribution in [2.24, 2.45) is 0 Å². The number of nitro benzene ring substituents is 1. The minimum Gasteiger partial charge on any atom is -0.452 e. The van der Waals surface area contributed by atoms with E-state index in [-0.39, 0.29) is 45.0 Å². The fourth-order valence-electron chi connectivity index (χ4n) is 3.48. The number of carbonyl (C=O) groups excluding carboxylic acids is 4. The number of amides is 1. The van der Waals surface area contributed by atoms with Gasteiger partial charge in [0.1, 0.15) is 5.69 Å². The molecule has 0 atom stereocenters. The molecule has 0 spiro atoms. The molecule has 10 nitrogen and oxygen atoms in total. The van der Waals surface area contributed by atoms with E-state index >= 15 is 0 Å². The van der Waals surface area contributed by atoms with E-state index in [1.165, 1.54) is 36.4 Å². The van der Waals surface area contributed by atoms with Gasteiger partial charge in [0.25, 0.3) is 11.6 Å². The van der Waals surface area contributed by atoms with E-state index in [9.17, 15) is 29.3 Å².